The highest BCUT2D eigenvalue weighted by Crippen LogP contribution is 2.39. The lowest BCUT2D eigenvalue weighted by molar-refractivity contribution is 0.117. The van der Waals surface area contributed by atoms with Crippen LogP contribution in [0.2, 0.25) is 0 Å². The Morgan fingerprint density at radius 1 is 1.53 bits per heavy atom. The van der Waals surface area contributed by atoms with Gasteiger partial charge in [0.15, 0.2) is 0 Å². The van der Waals surface area contributed by atoms with Crippen LogP contribution in [-0.2, 0) is 0 Å². The van der Waals surface area contributed by atoms with E-state index in [0.29, 0.717) is 0 Å². The predicted molar refractivity (Wildman–Crippen MR) is 73.5 cm³/mol. The molecule has 1 aliphatic rings. The molecule has 1 nitrogen and oxygen atoms in total. The molecule has 1 atom stereocenters. The van der Waals surface area contributed by atoms with Gasteiger partial charge in [0.05, 0.1) is 6.10 Å². The van der Waals surface area contributed by atoms with Crippen LogP contribution in [0, 0.1) is 17.3 Å². The molecule has 0 bridgehead atoms. The third-order valence-corrected chi connectivity index (χ3v) is 3.29. The Kier molecular flexibility index (Phi) is 4.60. The van der Waals surface area contributed by atoms with E-state index < -0.39 is 0 Å². The topological polar surface area (TPSA) is 20.2 Å². The number of aliphatic hydroxyl groups is 1. The van der Waals surface area contributed by atoms with Crippen LogP contribution in [-0.4, -0.2) is 11.2 Å². The molecule has 94 valence electrons. The van der Waals surface area contributed by atoms with Crippen molar-refractivity contribution in [1.29, 1.82) is 0 Å². The summed E-state index contributed by atoms with van der Waals surface area (Å²) >= 11 is 0. The summed E-state index contributed by atoms with van der Waals surface area (Å²) in [6.07, 6.45) is 4.55. The first kappa shape index (κ1) is 14.1. The average Bonchev–Trinajstić information content (AvgIpc) is 2.14. The summed E-state index contributed by atoms with van der Waals surface area (Å²) in [4.78, 5) is 0. The standard InChI is InChI=1S/C16H24O/c1-6-7-12(2)8-9-15-13(3)10-14(17)11-16(15,4)5/h7,14,17H,6,10-11H2,1-5H3/b12-7+. The van der Waals surface area contributed by atoms with E-state index >= 15 is 0 Å². The van der Waals surface area contributed by atoms with Gasteiger partial charge in [0, 0.05) is 11.0 Å². The second-order valence-electron chi connectivity index (χ2n) is 5.65. The predicted octanol–water partition coefficient (Wildman–Crippen LogP) is 3.84. The van der Waals surface area contributed by atoms with Gasteiger partial charge in [0.1, 0.15) is 0 Å². The van der Waals surface area contributed by atoms with E-state index in [4.69, 9.17) is 0 Å². The molecule has 0 aromatic carbocycles. The van der Waals surface area contributed by atoms with Gasteiger partial charge in [0.2, 0.25) is 0 Å². The van der Waals surface area contributed by atoms with Crippen LogP contribution >= 0.6 is 0 Å². The number of hydrogen-bond acceptors (Lipinski definition) is 1. The van der Waals surface area contributed by atoms with Gasteiger partial charge in [-0.15, -0.1) is 0 Å². The minimum absolute atomic E-state index is 0.00123. The Bertz CT molecular complexity index is 399. The first-order valence-corrected chi connectivity index (χ1v) is 6.44. The van der Waals surface area contributed by atoms with Gasteiger partial charge in [-0.05, 0) is 38.7 Å². The normalized spacial score (nSPS) is 24.4. The molecular formula is C16H24O. The zero-order valence-corrected chi connectivity index (χ0v) is 11.7. The molecule has 17 heavy (non-hydrogen) atoms. The summed E-state index contributed by atoms with van der Waals surface area (Å²) in [6, 6.07) is 0. The molecule has 0 aromatic rings. The first-order valence-electron chi connectivity index (χ1n) is 6.44. The van der Waals surface area contributed by atoms with Crippen LogP contribution in [0.4, 0.5) is 0 Å². The van der Waals surface area contributed by atoms with E-state index in [-0.39, 0.29) is 11.5 Å². The number of hydrogen-bond donors (Lipinski definition) is 1. The van der Waals surface area contributed by atoms with Gasteiger partial charge in [-0.2, -0.15) is 0 Å². The smallest absolute Gasteiger partial charge is 0.0586 e. The van der Waals surface area contributed by atoms with Crippen molar-refractivity contribution in [3.05, 3.63) is 22.8 Å². The highest BCUT2D eigenvalue weighted by Gasteiger charge is 2.31. The molecule has 1 heteroatoms. The molecule has 1 N–H and O–H groups in total. The van der Waals surface area contributed by atoms with Crippen molar-refractivity contribution in [2.24, 2.45) is 5.41 Å². The minimum atomic E-state index is -0.206. The average molecular weight is 232 g/mol. The Balaban J connectivity index is 3.03. The molecule has 0 heterocycles. The van der Waals surface area contributed by atoms with Gasteiger partial charge in [-0.25, -0.2) is 0 Å². The lowest BCUT2D eigenvalue weighted by Gasteiger charge is -2.34. The molecule has 0 radical (unpaired) electrons. The summed E-state index contributed by atoms with van der Waals surface area (Å²) in [5, 5.41) is 9.80. The Morgan fingerprint density at radius 3 is 2.71 bits per heavy atom. The fourth-order valence-corrected chi connectivity index (χ4v) is 2.59. The molecule has 0 fully saturated rings. The minimum Gasteiger partial charge on any atom is -0.393 e. The molecule has 0 aliphatic heterocycles. The molecule has 1 aliphatic carbocycles. The summed E-state index contributed by atoms with van der Waals surface area (Å²) in [5.74, 6) is 6.54. The van der Waals surface area contributed by atoms with Crippen LogP contribution in [0.5, 0.6) is 0 Å². The number of allylic oxidation sites excluding steroid dienone is 3. The first-order chi connectivity index (χ1) is 7.86. The largest absolute Gasteiger partial charge is 0.393 e. The van der Waals surface area contributed by atoms with Gasteiger partial charge >= 0.3 is 0 Å². The monoisotopic (exact) mass is 232 g/mol. The van der Waals surface area contributed by atoms with E-state index in [1.807, 2.05) is 0 Å². The number of rotatable bonds is 1. The highest BCUT2D eigenvalue weighted by molar-refractivity contribution is 5.44. The van der Waals surface area contributed by atoms with Crippen LogP contribution in [0.15, 0.2) is 22.8 Å². The van der Waals surface area contributed by atoms with Crippen molar-refractivity contribution in [2.45, 2.75) is 60.0 Å². The molecular weight excluding hydrogens is 208 g/mol. The molecule has 1 unspecified atom stereocenters. The fraction of sp³-hybridized carbons (Fsp3) is 0.625. The van der Waals surface area contributed by atoms with Crippen molar-refractivity contribution in [3.63, 3.8) is 0 Å². The van der Waals surface area contributed by atoms with Gasteiger partial charge in [-0.3, -0.25) is 0 Å². The Hall–Kier alpha value is -1.00. The van der Waals surface area contributed by atoms with Crippen LogP contribution in [0.1, 0.15) is 53.9 Å². The zero-order chi connectivity index (χ0) is 13.1. The molecule has 0 saturated carbocycles. The van der Waals surface area contributed by atoms with E-state index in [2.05, 4.69) is 52.5 Å². The zero-order valence-electron chi connectivity index (χ0n) is 11.7. The maximum atomic E-state index is 9.80. The summed E-state index contributed by atoms with van der Waals surface area (Å²) in [7, 11) is 0. The molecule has 0 spiro atoms. The highest BCUT2D eigenvalue weighted by atomic mass is 16.3. The number of aliphatic hydroxyl groups excluding tert-OH is 1. The van der Waals surface area contributed by atoms with Crippen LogP contribution in [0.3, 0.4) is 0 Å². The lowest BCUT2D eigenvalue weighted by Crippen LogP contribution is -2.28. The second kappa shape index (κ2) is 5.56. The second-order valence-corrected chi connectivity index (χ2v) is 5.65. The SMILES string of the molecule is CC/C=C(\C)C#CC1=C(C)CC(O)CC1(C)C. The maximum Gasteiger partial charge on any atom is 0.0586 e. The molecule has 0 aromatic heterocycles. The third-order valence-electron chi connectivity index (χ3n) is 3.29. The van der Waals surface area contributed by atoms with Crippen molar-refractivity contribution < 1.29 is 5.11 Å². The third kappa shape index (κ3) is 3.75. The summed E-state index contributed by atoms with van der Waals surface area (Å²) < 4.78 is 0. The van der Waals surface area contributed by atoms with E-state index in [9.17, 15) is 5.11 Å². The van der Waals surface area contributed by atoms with Gasteiger partial charge < -0.3 is 5.11 Å². The van der Waals surface area contributed by atoms with Crippen LogP contribution < -0.4 is 0 Å². The van der Waals surface area contributed by atoms with E-state index in [1.54, 1.807) is 0 Å². The Morgan fingerprint density at radius 2 is 2.18 bits per heavy atom. The van der Waals surface area contributed by atoms with Crippen molar-refractivity contribution >= 4 is 0 Å². The summed E-state index contributed by atoms with van der Waals surface area (Å²) in [5.41, 5.74) is 3.59. The van der Waals surface area contributed by atoms with Crippen molar-refractivity contribution in [3.8, 4) is 11.8 Å². The van der Waals surface area contributed by atoms with Crippen LogP contribution in [0.25, 0.3) is 0 Å². The lowest BCUT2D eigenvalue weighted by atomic mass is 9.72. The van der Waals surface area contributed by atoms with E-state index in [1.165, 1.54) is 11.1 Å². The Labute approximate surface area is 106 Å². The molecule has 1 rings (SSSR count). The van der Waals surface area contributed by atoms with Gasteiger partial charge in [0.25, 0.3) is 0 Å². The van der Waals surface area contributed by atoms with E-state index in [0.717, 1.165) is 24.8 Å². The van der Waals surface area contributed by atoms with Gasteiger partial charge in [-0.1, -0.05) is 44.3 Å². The van der Waals surface area contributed by atoms with Crippen molar-refractivity contribution in [1.82, 2.24) is 0 Å². The fourth-order valence-electron chi connectivity index (χ4n) is 2.59. The quantitative estimate of drug-likeness (QED) is 0.681. The molecule has 0 saturated heterocycles. The summed E-state index contributed by atoms with van der Waals surface area (Å²) in [6.45, 7) is 10.6. The maximum absolute atomic E-state index is 9.80. The molecule has 0 amide bonds. The van der Waals surface area contributed by atoms with Crippen molar-refractivity contribution in [2.75, 3.05) is 0 Å².